The zero-order chi connectivity index (χ0) is 12.4. The number of aryl methyl sites for hydroxylation is 1. The smallest absolute Gasteiger partial charge is 0.144 e. The van der Waals surface area contributed by atoms with Gasteiger partial charge in [-0.25, -0.2) is 4.98 Å². The maximum Gasteiger partial charge on any atom is 0.144 e. The highest BCUT2D eigenvalue weighted by Crippen LogP contribution is 2.14. The first-order chi connectivity index (χ1) is 8.83. The fourth-order valence-electron chi connectivity index (χ4n) is 2.04. The molecule has 0 N–H and O–H groups in total. The summed E-state index contributed by atoms with van der Waals surface area (Å²) in [6, 6.07) is 14.4. The lowest BCUT2D eigenvalue weighted by Gasteiger charge is -1.97. The van der Waals surface area contributed by atoms with E-state index in [-0.39, 0.29) is 0 Å². The Morgan fingerprint density at radius 3 is 2.67 bits per heavy atom. The first kappa shape index (κ1) is 10.8. The SMILES string of the molecule is Cc1cn2cccc(C=Cc3ccccc3)c2n1. The Morgan fingerprint density at radius 2 is 1.83 bits per heavy atom. The average molecular weight is 234 g/mol. The first-order valence-corrected chi connectivity index (χ1v) is 6.00. The quantitative estimate of drug-likeness (QED) is 0.659. The molecule has 0 fully saturated rings. The van der Waals surface area contributed by atoms with Gasteiger partial charge in [-0.1, -0.05) is 42.5 Å². The number of pyridine rings is 1. The number of imidazole rings is 1. The zero-order valence-corrected chi connectivity index (χ0v) is 10.2. The molecule has 0 unspecified atom stereocenters. The van der Waals surface area contributed by atoms with Crippen LogP contribution in [0.4, 0.5) is 0 Å². The Morgan fingerprint density at radius 1 is 1.00 bits per heavy atom. The highest BCUT2D eigenvalue weighted by Gasteiger charge is 2.00. The highest BCUT2D eigenvalue weighted by atomic mass is 15.0. The molecule has 0 spiro atoms. The molecule has 2 heterocycles. The number of fused-ring (bicyclic) bond motifs is 1. The second kappa shape index (κ2) is 4.49. The van der Waals surface area contributed by atoms with Gasteiger partial charge in [0.05, 0.1) is 5.69 Å². The van der Waals surface area contributed by atoms with E-state index in [2.05, 4.69) is 39.7 Å². The third-order valence-corrected chi connectivity index (χ3v) is 2.89. The number of rotatable bonds is 2. The van der Waals surface area contributed by atoms with Gasteiger partial charge in [0.15, 0.2) is 0 Å². The summed E-state index contributed by atoms with van der Waals surface area (Å²) in [5.74, 6) is 0. The second-order valence-corrected chi connectivity index (χ2v) is 4.32. The van der Waals surface area contributed by atoms with Crippen LogP contribution < -0.4 is 0 Å². The Kier molecular flexibility index (Phi) is 2.69. The molecule has 0 saturated heterocycles. The summed E-state index contributed by atoms with van der Waals surface area (Å²) in [6.45, 7) is 2.01. The van der Waals surface area contributed by atoms with E-state index in [1.165, 1.54) is 5.56 Å². The van der Waals surface area contributed by atoms with Crippen molar-refractivity contribution in [2.45, 2.75) is 6.92 Å². The van der Waals surface area contributed by atoms with Crippen molar-refractivity contribution in [3.05, 3.63) is 71.7 Å². The summed E-state index contributed by atoms with van der Waals surface area (Å²) in [5.41, 5.74) is 4.37. The molecule has 2 nitrogen and oxygen atoms in total. The molecule has 3 aromatic rings. The predicted octanol–water partition coefficient (Wildman–Crippen LogP) is 3.81. The largest absolute Gasteiger partial charge is 0.306 e. The van der Waals surface area contributed by atoms with Gasteiger partial charge in [0, 0.05) is 18.0 Å². The average Bonchev–Trinajstić information content (AvgIpc) is 2.78. The third-order valence-electron chi connectivity index (χ3n) is 2.89. The monoisotopic (exact) mass is 234 g/mol. The molecule has 0 aliphatic rings. The summed E-state index contributed by atoms with van der Waals surface area (Å²) in [7, 11) is 0. The van der Waals surface area contributed by atoms with Crippen LogP contribution in [-0.4, -0.2) is 9.38 Å². The van der Waals surface area contributed by atoms with Crippen molar-refractivity contribution < 1.29 is 0 Å². The fraction of sp³-hybridized carbons (Fsp3) is 0.0625. The van der Waals surface area contributed by atoms with E-state index in [9.17, 15) is 0 Å². The van der Waals surface area contributed by atoms with Crippen molar-refractivity contribution in [3.63, 3.8) is 0 Å². The van der Waals surface area contributed by atoms with Crippen LogP contribution in [0.2, 0.25) is 0 Å². The molecule has 0 atom stereocenters. The standard InChI is InChI=1S/C16H14N2/c1-13-12-18-11-5-8-15(16(18)17-13)10-9-14-6-3-2-4-7-14/h2-12H,1H3. The summed E-state index contributed by atoms with van der Waals surface area (Å²) < 4.78 is 2.06. The number of nitrogens with zero attached hydrogens (tertiary/aromatic N) is 2. The minimum absolute atomic E-state index is 1.00. The van der Waals surface area contributed by atoms with Crippen LogP contribution in [0.15, 0.2) is 54.9 Å². The van der Waals surface area contributed by atoms with Crippen LogP contribution in [0.25, 0.3) is 17.8 Å². The van der Waals surface area contributed by atoms with E-state index >= 15 is 0 Å². The maximum atomic E-state index is 4.54. The van der Waals surface area contributed by atoms with E-state index < -0.39 is 0 Å². The predicted molar refractivity (Wildman–Crippen MR) is 75.3 cm³/mol. The van der Waals surface area contributed by atoms with Crippen molar-refractivity contribution in [1.29, 1.82) is 0 Å². The molecule has 1 aromatic carbocycles. The molecule has 3 rings (SSSR count). The fourth-order valence-corrected chi connectivity index (χ4v) is 2.04. The Balaban J connectivity index is 2.02. The third kappa shape index (κ3) is 2.05. The zero-order valence-electron chi connectivity index (χ0n) is 10.2. The van der Waals surface area contributed by atoms with Crippen LogP contribution in [0.3, 0.4) is 0 Å². The molecule has 2 aromatic heterocycles. The van der Waals surface area contributed by atoms with Gasteiger partial charge in [0.2, 0.25) is 0 Å². The highest BCUT2D eigenvalue weighted by molar-refractivity contribution is 5.76. The van der Waals surface area contributed by atoms with Gasteiger partial charge in [-0.2, -0.15) is 0 Å². The van der Waals surface area contributed by atoms with Gasteiger partial charge in [-0.05, 0) is 24.6 Å². The van der Waals surface area contributed by atoms with Gasteiger partial charge < -0.3 is 4.40 Å². The number of aromatic nitrogens is 2. The van der Waals surface area contributed by atoms with Crippen molar-refractivity contribution in [3.8, 4) is 0 Å². The van der Waals surface area contributed by atoms with E-state index in [0.29, 0.717) is 0 Å². The summed E-state index contributed by atoms with van der Waals surface area (Å²) in [6.07, 6.45) is 8.28. The van der Waals surface area contributed by atoms with Gasteiger partial charge in [0.25, 0.3) is 0 Å². The summed E-state index contributed by atoms with van der Waals surface area (Å²) in [5, 5.41) is 0. The second-order valence-electron chi connectivity index (χ2n) is 4.32. The molecule has 0 bridgehead atoms. The van der Waals surface area contributed by atoms with Crippen molar-refractivity contribution in [2.24, 2.45) is 0 Å². The van der Waals surface area contributed by atoms with Gasteiger partial charge in [-0.3, -0.25) is 0 Å². The molecule has 0 radical (unpaired) electrons. The maximum absolute atomic E-state index is 4.54. The molecule has 0 aliphatic carbocycles. The summed E-state index contributed by atoms with van der Waals surface area (Å²) in [4.78, 5) is 4.54. The van der Waals surface area contributed by atoms with Gasteiger partial charge in [0.1, 0.15) is 5.65 Å². The molecule has 0 aliphatic heterocycles. The lowest BCUT2D eigenvalue weighted by molar-refractivity contribution is 1.18. The van der Waals surface area contributed by atoms with Crippen LogP contribution in [0.1, 0.15) is 16.8 Å². The number of benzene rings is 1. The van der Waals surface area contributed by atoms with Crippen LogP contribution in [0.5, 0.6) is 0 Å². The number of hydrogen-bond acceptors (Lipinski definition) is 1. The van der Waals surface area contributed by atoms with Crippen molar-refractivity contribution in [1.82, 2.24) is 9.38 Å². The Bertz CT molecular complexity index is 693. The molecular weight excluding hydrogens is 220 g/mol. The van der Waals surface area contributed by atoms with E-state index in [4.69, 9.17) is 0 Å². The Hall–Kier alpha value is -2.35. The molecule has 0 amide bonds. The summed E-state index contributed by atoms with van der Waals surface area (Å²) >= 11 is 0. The lowest BCUT2D eigenvalue weighted by Crippen LogP contribution is -1.85. The minimum Gasteiger partial charge on any atom is -0.306 e. The van der Waals surface area contributed by atoms with Crippen LogP contribution in [-0.2, 0) is 0 Å². The molecule has 88 valence electrons. The van der Waals surface area contributed by atoms with Crippen LogP contribution in [0, 0.1) is 6.92 Å². The first-order valence-electron chi connectivity index (χ1n) is 6.00. The molecule has 18 heavy (non-hydrogen) atoms. The molecular formula is C16H14N2. The van der Waals surface area contributed by atoms with E-state index in [1.807, 2.05) is 43.6 Å². The number of hydrogen-bond donors (Lipinski definition) is 0. The van der Waals surface area contributed by atoms with Crippen molar-refractivity contribution in [2.75, 3.05) is 0 Å². The molecule has 2 heteroatoms. The molecule has 0 saturated carbocycles. The Labute approximate surface area is 106 Å². The minimum atomic E-state index is 1.00. The van der Waals surface area contributed by atoms with Crippen molar-refractivity contribution >= 4 is 17.8 Å². The van der Waals surface area contributed by atoms with E-state index in [1.54, 1.807) is 0 Å². The topological polar surface area (TPSA) is 17.3 Å². The van der Waals surface area contributed by atoms with E-state index in [0.717, 1.165) is 16.9 Å². The van der Waals surface area contributed by atoms with Gasteiger partial charge >= 0.3 is 0 Å². The van der Waals surface area contributed by atoms with Crippen LogP contribution >= 0.6 is 0 Å². The lowest BCUT2D eigenvalue weighted by atomic mass is 10.1. The van der Waals surface area contributed by atoms with Gasteiger partial charge in [-0.15, -0.1) is 0 Å². The normalized spacial score (nSPS) is 11.4.